The molecule has 1 amide bonds. The minimum atomic E-state index is -0.122. The Hall–Kier alpha value is -2.69. The van der Waals surface area contributed by atoms with Gasteiger partial charge in [-0.05, 0) is 30.3 Å². The van der Waals surface area contributed by atoms with E-state index in [0.717, 1.165) is 5.75 Å². The number of ether oxygens (including phenoxy) is 2. The van der Waals surface area contributed by atoms with Gasteiger partial charge in [0.1, 0.15) is 11.5 Å². The fourth-order valence-corrected chi connectivity index (χ4v) is 1.79. The van der Waals surface area contributed by atoms with Gasteiger partial charge in [0.2, 0.25) is 5.91 Å². The van der Waals surface area contributed by atoms with Crippen molar-refractivity contribution in [3.8, 4) is 11.5 Å². The van der Waals surface area contributed by atoms with Crippen molar-refractivity contribution in [1.82, 2.24) is 0 Å². The summed E-state index contributed by atoms with van der Waals surface area (Å²) >= 11 is 0. The van der Waals surface area contributed by atoms with E-state index in [2.05, 4.69) is 5.32 Å². The van der Waals surface area contributed by atoms with E-state index in [1.165, 1.54) is 0 Å². The molecule has 5 nitrogen and oxygen atoms in total. The Morgan fingerprint density at radius 3 is 2.67 bits per heavy atom. The molecular weight excluding hydrogens is 268 g/mol. The molecule has 2 aromatic carbocycles. The van der Waals surface area contributed by atoms with Gasteiger partial charge in [-0.15, -0.1) is 0 Å². The van der Waals surface area contributed by atoms with Crippen LogP contribution in [0.3, 0.4) is 0 Å². The summed E-state index contributed by atoms with van der Waals surface area (Å²) in [5.41, 5.74) is 6.94. The Labute approximate surface area is 123 Å². The van der Waals surface area contributed by atoms with Gasteiger partial charge in [-0.25, -0.2) is 0 Å². The molecule has 0 aliphatic carbocycles. The first-order chi connectivity index (χ1) is 10.2. The monoisotopic (exact) mass is 286 g/mol. The van der Waals surface area contributed by atoms with Crippen LogP contribution in [-0.4, -0.2) is 19.6 Å². The molecule has 0 unspecified atom stereocenters. The predicted octanol–water partition coefficient (Wildman–Crippen LogP) is 2.68. The molecule has 0 aliphatic rings. The second kappa shape index (κ2) is 7.19. The minimum absolute atomic E-state index is 0.122. The molecule has 2 aromatic rings. The number of hydrogen-bond acceptors (Lipinski definition) is 4. The van der Waals surface area contributed by atoms with Crippen LogP contribution < -0.4 is 20.5 Å². The maximum absolute atomic E-state index is 11.8. The number of benzene rings is 2. The van der Waals surface area contributed by atoms with Gasteiger partial charge in [-0.3, -0.25) is 4.79 Å². The summed E-state index contributed by atoms with van der Waals surface area (Å²) in [6.07, 6.45) is 0.256. The van der Waals surface area contributed by atoms with E-state index in [9.17, 15) is 4.79 Å². The molecule has 0 saturated carbocycles. The van der Waals surface area contributed by atoms with Crippen molar-refractivity contribution < 1.29 is 14.3 Å². The summed E-state index contributed by atoms with van der Waals surface area (Å²) in [5.74, 6) is 1.27. The van der Waals surface area contributed by atoms with Crippen molar-refractivity contribution in [2.24, 2.45) is 0 Å². The van der Waals surface area contributed by atoms with E-state index in [1.54, 1.807) is 37.4 Å². The zero-order valence-corrected chi connectivity index (χ0v) is 11.8. The van der Waals surface area contributed by atoms with Crippen molar-refractivity contribution in [1.29, 1.82) is 0 Å². The molecule has 0 heterocycles. The number of nitrogens with two attached hydrogens (primary N) is 1. The number of methoxy groups -OCH3 is 1. The fraction of sp³-hybridized carbons (Fsp3) is 0.188. The summed E-state index contributed by atoms with van der Waals surface area (Å²) in [7, 11) is 1.60. The summed E-state index contributed by atoms with van der Waals surface area (Å²) in [4.78, 5) is 11.8. The second-order valence-corrected chi connectivity index (χ2v) is 4.45. The maximum atomic E-state index is 11.8. The van der Waals surface area contributed by atoms with Gasteiger partial charge in [0, 0.05) is 17.4 Å². The molecule has 0 bridgehead atoms. The molecule has 21 heavy (non-hydrogen) atoms. The average molecular weight is 286 g/mol. The molecule has 0 aromatic heterocycles. The van der Waals surface area contributed by atoms with E-state index < -0.39 is 0 Å². The van der Waals surface area contributed by atoms with E-state index in [0.29, 0.717) is 23.7 Å². The Kier molecular flexibility index (Phi) is 5.04. The lowest BCUT2D eigenvalue weighted by Gasteiger charge is -2.08. The quantitative estimate of drug-likeness (QED) is 0.801. The Morgan fingerprint density at radius 1 is 1.14 bits per heavy atom. The predicted molar refractivity (Wildman–Crippen MR) is 82.6 cm³/mol. The summed E-state index contributed by atoms with van der Waals surface area (Å²) in [5, 5.41) is 2.77. The highest BCUT2D eigenvalue weighted by Crippen LogP contribution is 2.19. The van der Waals surface area contributed by atoms with Gasteiger partial charge in [0.15, 0.2) is 0 Å². The minimum Gasteiger partial charge on any atom is -0.497 e. The molecule has 0 atom stereocenters. The standard InChI is InChI=1S/C16H18N2O3/c1-20-14-6-3-7-15(11-14)21-9-8-16(19)18-13-5-2-4-12(17)10-13/h2-7,10-11H,8-9,17H2,1H3,(H,18,19). The molecule has 0 spiro atoms. The zero-order chi connectivity index (χ0) is 15.1. The second-order valence-electron chi connectivity index (χ2n) is 4.45. The molecule has 5 heteroatoms. The SMILES string of the molecule is COc1cccc(OCCC(=O)Nc2cccc(N)c2)c1. The first-order valence-electron chi connectivity index (χ1n) is 6.59. The largest absolute Gasteiger partial charge is 0.497 e. The van der Waals surface area contributed by atoms with E-state index in [4.69, 9.17) is 15.2 Å². The van der Waals surface area contributed by atoms with Crippen LogP contribution in [0.2, 0.25) is 0 Å². The molecule has 0 aliphatic heterocycles. The third-order valence-electron chi connectivity index (χ3n) is 2.81. The molecule has 3 N–H and O–H groups in total. The zero-order valence-electron chi connectivity index (χ0n) is 11.8. The van der Waals surface area contributed by atoms with Crippen LogP contribution in [-0.2, 0) is 4.79 Å². The lowest BCUT2D eigenvalue weighted by atomic mass is 10.2. The number of anilines is 2. The van der Waals surface area contributed by atoms with Crippen molar-refractivity contribution in [2.45, 2.75) is 6.42 Å². The summed E-state index contributed by atoms with van der Waals surface area (Å²) in [6, 6.07) is 14.3. The van der Waals surface area contributed by atoms with Crippen LogP contribution in [0.25, 0.3) is 0 Å². The van der Waals surface area contributed by atoms with Gasteiger partial charge >= 0.3 is 0 Å². The smallest absolute Gasteiger partial charge is 0.227 e. The number of nitrogens with one attached hydrogen (secondary N) is 1. The molecule has 2 rings (SSSR count). The first-order valence-corrected chi connectivity index (χ1v) is 6.59. The highest BCUT2D eigenvalue weighted by Gasteiger charge is 2.04. The number of rotatable bonds is 6. The van der Waals surface area contributed by atoms with Crippen molar-refractivity contribution in [3.05, 3.63) is 48.5 Å². The Bertz CT molecular complexity index is 614. The molecular formula is C16H18N2O3. The van der Waals surface area contributed by atoms with Crippen LogP contribution in [0.5, 0.6) is 11.5 Å². The molecule has 0 radical (unpaired) electrons. The van der Waals surface area contributed by atoms with Crippen molar-refractivity contribution in [3.63, 3.8) is 0 Å². The van der Waals surface area contributed by atoms with Crippen LogP contribution in [0.15, 0.2) is 48.5 Å². The van der Waals surface area contributed by atoms with E-state index in [1.807, 2.05) is 18.2 Å². The molecule has 0 saturated heterocycles. The Morgan fingerprint density at radius 2 is 1.90 bits per heavy atom. The number of hydrogen-bond donors (Lipinski definition) is 2. The van der Waals surface area contributed by atoms with E-state index in [-0.39, 0.29) is 12.3 Å². The van der Waals surface area contributed by atoms with Crippen LogP contribution in [0.4, 0.5) is 11.4 Å². The normalized spacial score (nSPS) is 9.95. The summed E-state index contributed by atoms with van der Waals surface area (Å²) < 4.78 is 10.6. The highest BCUT2D eigenvalue weighted by molar-refractivity contribution is 5.91. The lowest BCUT2D eigenvalue weighted by Crippen LogP contribution is -2.15. The average Bonchev–Trinajstić information content (AvgIpc) is 2.47. The number of carbonyl (C=O) groups is 1. The maximum Gasteiger partial charge on any atom is 0.227 e. The third-order valence-corrected chi connectivity index (χ3v) is 2.81. The van der Waals surface area contributed by atoms with Crippen molar-refractivity contribution >= 4 is 17.3 Å². The van der Waals surface area contributed by atoms with Gasteiger partial charge in [0.25, 0.3) is 0 Å². The Balaban J connectivity index is 1.79. The van der Waals surface area contributed by atoms with Gasteiger partial charge in [0.05, 0.1) is 20.1 Å². The highest BCUT2D eigenvalue weighted by atomic mass is 16.5. The molecule has 110 valence electrons. The topological polar surface area (TPSA) is 73.6 Å². The van der Waals surface area contributed by atoms with Crippen LogP contribution in [0.1, 0.15) is 6.42 Å². The first kappa shape index (κ1) is 14.7. The number of carbonyl (C=O) groups excluding carboxylic acids is 1. The fourth-order valence-electron chi connectivity index (χ4n) is 1.79. The number of amides is 1. The van der Waals surface area contributed by atoms with Crippen LogP contribution >= 0.6 is 0 Å². The van der Waals surface area contributed by atoms with Gasteiger partial charge in [-0.2, -0.15) is 0 Å². The van der Waals surface area contributed by atoms with Crippen molar-refractivity contribution in [2.75, 3.05) is 24.8 Å². The number of nitrogen functional groups attached to an aromatic ring is 1. The summed E-state index contributed by atoms with van der Waals surface area (Å²) in [6.45, 7) is 0.293. The van der Waals surface area contributed by atoms with E-state index >= 15 is 0 Å². The molecule has 0 fully saturated rings. The van der Waals surface area contributed by atoms with Gasteiger partial charge < -0.3 is 20.5 Å². The lowest BCUT2D eigenvalue weighted by molar-refractivity contribution is -0.116. The van der Waals surface area contributed by atoms with Crippen LogP contribution in [0, 0.1) is 0 Å². The third kappa shape index (κ3) is 4.72. The van der Waals surface area contributed by atoms with Gasteiger partial charge in [-0.1, -0.05) is 12.1 Å².